The zero-order valence-electron chi connectivity index (χ0n) is 20.6. The number of ether oxygens (including phenoxy) is 2. The molecule has 4 nitrogen and oxygen atoms in total. The molecule has 0 aromatic heterocycles. The van der Waals surface area contributed by atoms with Gasteiger partial charge >= 0.3 is 11.9 Å². The Bertz CT molecular complexity index is 429. The van der Waals surface area contributed by atoms with Gasteiger partial charge in [0.05, 0.1) is 0 Å². The lowest BCUT2D eigenvalue weighted by molar-refractivity contribution is -0.175. The van der Waals surface area contributed by atoms with Crippen LogP contribution in [0.4, 0.5) is 0 Å². The van der Waals surface area contributed by atoms with Crippen LogP contribution in [0.3, 0.4) is 0 Å². The summed E-state index contributed by atoms with van der Waals surface area (Å²) in [6, 6.07) is 0. The van der Waals surface area contributed by atoms with Crippen molar-refractivity contribution in [2.75, 3.05) is 0 Å². The largest absolute Gasteiger partial charge is 0.459 e. The van der Waals surface area contributed by atoms with Crippen LogP contribution in [0.2, 0.25) is 0 Å². The molecule has 0 radical (unpaired) electrons. The van der Waals surface area contributed by atoms with Gasteiger partial charge in [0, 0.05) is 0 Å². The monoisotopic (exact) mass is 412 g/mol. The standard InChI is InChI=1S/C25H48O4/c1-9-11-13-15-17-24(7,20(3)4)28-22(26)19-23(27)29-25(8,21(5)6)18-16-14-12-10-2/h20-21H,9-19H2,1-8H3. The van der Waals surface area contributed by atoms with E-state index in [1.807, 2.05) is 13.8 Å². The SMILES string of the molecule is CCCCCCC(C)(OC(=O)CC(=O)OC(C)(CCCCCC)C(C)C)C(C)C. The molecule has 0 spiro atoms. The lowest BCUT2D eigenvalue weighted by atomic mass is 9.86. The molecule has 0 aliphatic rings. The van der Waals surface area contributed by atoms with Gasteiger partial charge in [-0.25, -0.2) is 0 Å². The summed E-state index contributed by atoms with van der Waals surface area (Å²) in [6.45, 7) is 16.6. The van der Waals surface area contributed by atoms with Gasteiger partial charge in [0.1, 0.15) is 17.6 Å². The Labute approximate surface area is 180 Å². The minimum Gasteiger partial charge on any atom is -0.459 e. The van der Waals surface area contributed by atoms with E-state index in [4.69, 9.17) is 9.47 Å². The fourth-order valence-electron chi connectivity index (χ4n) is 3.43. The van der Waals surface area contributed by atoms with Crippen LogP contribution >= 0.6 is 0 Å². The normalized spacial score (nSPS) is 15.8. The van der Waals surface area contributed by atoms with Crippen LogP contribution in [0.25, 0.3) is 0 Å². The van der Waals surface area contributed by atoms with Gasteiger partial charge in [-0.15, -0.1) is 0 Å². The Morgan fingerprint density at radius 2 is 1.00 bits per heavy atom. The molecule has 29 heavy (non-hydrogen) atoms. The van der Waals surface area contributed by atoms with Crippen LogP contribution in [0.15, 0.2) is 0 Å². The van der Waals surface area contributed by atoms with Crippen LogP contribution in [-0.4, -0.2) is 23.1 Å². The molecule has 0 saturated carbocycles. The zero-order chi connectivity index (χ0) is 22.5. The molecule has 0 aliphatic heterocycles. The molecule has 0 heterocycles. The average Bonchev–Trinajstić information content (AvgIpc) is 2.61. The summed E-state index contributed by atoms with van der Waals surface area (Å²) >= 11 is 0. The van der Waals surface area contributed by atoms with Crippen molar-refractivity contribution in [3.8, 4) is 0 Å². The molecule has 0 bridgehead atoms. The van der Waals surface area contributed by atoms with Gasteiger partial charge in [-0.05, 0) is 51.4 Å². The van der Waals surface area contributed by atoms with Gasteiger partial charge in [0.15, 0.2) is 0 Å². The lowest BCUT2D eigenvalue weighted by Crippen LogP contribution is -2.40. The molecular weight excluding hydrogens is 364 g/mol. The van der Waals surface area contributed by atoms with Crippen LogP contribution in [0.5, 0.6) is 0 Å². The predicted molar refractivity (Wildman–Crippen MR) is 121 cm³/mol. The minimum atomic E-state index is -0.535. The van der Waals surface area contributed by atoms with Crippen LogP contribution < -0.4 is 0 Å². The Balaban J connectivity index is 4.75. The fourth-order valence-corrected chi connectivity index (χ4v) is 3.43. The topological polar surface area (TPSA) is 52.6 Å². The first-order valence-electron chi connectivity index (χ1n) is 11.9. The quantitative estimate of drug-likeness (QED) is 0.152. The molecule has 172 valence electrons. The first-order chi connectivity index (χ1) is 13.5. The molecule has 0 amide bonds. The van der Waals surface area contributed by atoms with Crippen LogP contribution in [0, 0.1) is 11.8 Å². The van der Waals surface area contributed by atoms with E-state index < -0.39 is 23.1 Å². The second-order valence-electron chi connectivity index (χ2n) is 9.68. The summed E-state index contributed by atoms with van der Waals surface area (Å²) < 4.78 is 11.6. The Morgan fingerprint density at radius 1 is 0.655 bits per heavy atom. The smallest absolute Gasteiger partial charge is 0.317 e. The number of hydrogen-bond donors (Lipinski definition) is 0. The van der Waals surface area contributed by atoms with E-state index in [9.17, 15) is 9.59 Å². The fraction of sp³-hybridized carbons (Fsp3) is 0.920. The van der Waals surface area contributed by atoms with E-state index in [1.54, 1.807) is 0 Å². The van der Waals surface area contributed by atoms with Crippen molar-refractivity contribution in [3.05, 3.63) is 0 Å². The summed E-state index contributed by atoms with van der Waals surface area (Å²) in [5, 5.41) is 0. The third kappa shape index (κ3) is 11.1. The molecule has 4 heteroatoms. The van der Waals surface area contributed by atoms with Gasteiger partial charge in [-0.2, -0.15) is 0 Å². The summed E-state index contributed by atoms with van der Waals surface area (Å²) in [5.41, 5.74) is -1.07. The number of esters is 2. The van der Waals surface area contributed by atoms with Crippen LogP contribution in [0.1, 0.15) is 126 Å². The number of unbranched alkanes of at least 4 members (excludes halogenated alkanes) is 6. The number of rotatable bonds is 16. The molecule has 2 atom stereocenters. The van der Waals surface area contributed by atoms with Gasteiger partial charge in [0.2, 0.25) is 0 Å². The van der Waals surface area contributed by atoms with Gasteiger partial charge < -0.3 is 9.47 Å². The maximum absolute atomic E-state index is 12.5. The van der Waals surface area contributed by atoms with Crippen LogP contribution in [-0.2, 0) is 19.1 Å². The zero-order valence-corrected chi connectivity index (χ0v) is 20.6. The highest BCUT2D eigenvalue weighted by atomic mass is 16.6. The summed E-state index contributed by atoms with van der Waals surface area (Å²) in [7, 11) is 0. The minimum absolute atomic E-state index is 0.198. The molecular formula is C25H48O4. The second-order valence-corrected chi connectivity index (χ2v) is 9.68. The van der Waals surface area contributed by atoms with Crippen molar-refractivity contribution in [2.24, 2.45) is 11.8 Å². The Morgan fingerprint density at radius 3 is 1.28 bits per heavy atom. The van der Waals surface area contributed by atoms with Crippen molar-refractivity contribution in [3.63, 3.8) is 0 Å². The molecule has 0 rings (SSSR count). The van der Waals surface area contributed by atoms with E-state index in [2.05, 4.69) is 41.5 Å². The Kier molecular flexibility index (Phi) is 13.5. The molecule has 0 saturated heterocycles. The Hall–Kier alpha value is -1.06. The third-order valence-electron chi connectivity index (χ3n) is 6.48. The third-order valence-corrected chi connectivity index (χ3v) is 6.48. The molecule has 0 fully saturated rings. The highest BCUT2D eigenvalue weighted by molar-refractivity contribution is 5.91. The first-order valence-corrected chi connectivity index (χ1v) is 11.9. The predicted octanol–water partition coefficient (Wildman–Crippen LogP) is 7.23. The van der Waals surface area contributed by atoms with E-state index in [-0.39, 0.29) is 18.3 Å². The van der Waals surface area contributed by atoms with Gasteiger partial charge in [-0.1, -0.05) is 80.1 Å². The summed E-state index contributed by atoms with van der Waals surface area (Å²) in [5.74, 6) is -0.551. The molecule has 2 unspecified atom stereocenters. The molecule has 0 N–H and O–H groups in total. The second kappa shape index (κ2) is 14.0. The average molecular weight is 413 g/mol. The van der Waals surface area contributed by atoms with E-state index in [0.717, 1.165) is 38.5 Å². The maximum atomic E-state index is 12.5. The summed E-state index contributed by atoms with van der Waals surface area (Å²) in [6.07, 6.45) is 10.4. The molecule has 0 aromatic carbocycles. The molecule has 0 aliphatic carbocycles. The number of hydrogen-bond acceptors (Lipinski definition) is 4. The van der Waals surface area contributed by atoms with Crippen molar-refractivity contribution in [1.82, 2.24) is 0 Å². The van der Waals surface area contributed by atoms with Gasteiger partial charge in [-0.3, -0.25) is 9.59 Å². The van der Waals surface area contributed by atoms with Crippen molar-refractivity contribution in [2.45, 2.75) is 137 Å². The van der Waals surface area contributed by atoms with Crippen molar-refractivity contribution in [1.29, 1.82) is 0 Å². The van der Waals surface area contributed by atoms with E-state index in [1.165, 1.54) is 25.7 Å². The maximum Gasteiger partial charge on any atom is 0.317 e. The lowest BCUT2D eigenvalue weighted by Gasteiger charge is -2.35. The summed E-state index contributed by atoms with van der Waals surface area (Å²) in [4.78, 5) is 25.0. The highest BCUT2D eigenvalue weighted by Gasteiger charge is 2.35. The van der Waals surface area contributed by atoms with E-state index in [0.29, 0.717) is 0 Å². The van der Waals surface area contributed by atoms with Crippen molar-refractivity contribution < 1.29 is 19.1 Å². The van der Waals surface area contributed by atoms with Gasteiger partial charge in [0.25, 0.3) is 0 Å². The highest BCUT2D eigenvalue weighted by Crippen LogP contribution is 2.31. The first kappa shape index (κ1) is 27.9. The number of carbonyl (C=O) groups excluding carboxylic acids is 2. The molecule has 0 aromatic rings. The van der Waals surface area contributed by atoms with E-state index >= 15 is 0 Å². The van der Waals surface area contributed by atoms with Crippen molar-refractivity contribution >= 4 is 11.9 Å². The number of carbonyl (C=O) groups is 2.